The number of hydrogen-bond acceptors (Lipinski definition) is 6. The van der Waals surface area contributed by atoms with Gasteiger partial charge in [-0.3, -0.25) is 4.79 Å². The lowest BCUT2D eigenvalue weighted by molar-refractivity contribution is 0.0469. The van der Waals surface area contributed by atoms with Crippen molar-refractivity contribution < 1.29 is 27.8 Å². The molecule has 7 nitrogen and oxygen atoms in total. The standard InChI is InChI=1S/C17H19F2N3O4/c1-3-7-22-16(20)15(12(21-22)8-25-2)17(24)26-9-13(23)14-10(18)5-4-6-11(14)19/h4-6H,3,7-9,20H2,1-2H3. The zero-order valence-electron chi connectivity index (χ0n) is 14.4. The summed E-state index contributed by atoms with van der Waals surface area (Å²) in [6.07, 6.45) is 0.734. The maximum Gasteiger partial charge on any atom is 0.344 e. The van der Waals surface area contributed by atoms with Crippen LogP contribution in [0.3, 0.4) is 0 Å². The van der Waals surface area contributed by atoms with E-state index in [2.05, 4.69) is 5.10 Å². The SMILES string of the molecule is CCCn1nc(COC)c(C(=O)OCC(=O)c2c(F)cccc2F)c1N. The predicted octanol–water partition coefficient (Wildman–Crippen LogP) is 2.34. The normalized spacial score (nSPS) is 10.8. The number of methoxy groups -OCH3 is 1. The Bertz CT molecular complexity index is 800. The Morgan fingerprint density at radius 2 is 1.88 bits per heavy atom. The Kier molecular flexibility index (Phi) is 6.40. The van der Waals surface area contributed by atoms with Gasteiger partial charge < -0.3 is 15.2 Å². The zero-order valence-corrected chi connectivity index (χ0v) is 14.4. The molecule has 0 spiro atoms. The van der Waals surface area contributed by atoms with Gasteiger partial charge in [-0.2, -0.15) is 5.10 Å². The van der Waals surface area contributed by atoms with Gasteiger partial charge in [0.1, 0.15) is 28.7 Å². The Balaban J connectivity index is 2.18. The van der Waals surface area contributed by atoms with Crippen LogP contribution in [0.4, 0.5) is 14.6 Å². The molecule has 2 rings (SSSR count). The number of Topliss-reactive ketones (excluding diaryl/α,β-unsaturated/α-hetero) is 1. The van der Waals surface area contributed by atoms with Crippen molar-refractivity contribution >= 4 is 17.6 Å². The van der Waals surface area contributed by atoms with E-state index < -0.39 is 35.6 Å². The third-order valence-electron chi connectivity index (χ3n) is 3.56. The highest BCUT2D eigenvalue weighted by Gasteiger charge is 2.25. The molecular weight excluding hydrogens is 348 g/mol. The molecule has 0 aliphatic carbocycles. The molecule has 0 radical (unpaired) electrons. The maximum atomic E-state index is 13.6. The number of nitrogens with zero attached hydrogens (tertiary/aromatic N) is 2. The monoisotopic (exact) mass is 367 g/mol. The number of esters is 1. The number of halogens is 2. The van der Waals surface area contributed by atoms with Crippen LogP contribution in [-0.4, -0.2) is 35.2 Å². The summed E-state index contributed by atoms with van der Waals surface area (Å²) in [4.78, 5) is 24.3. The number of aryl methyl sites for hydroxylation is 1. The van der Waals surface area contributed by atoms with E-state index >= 15 is 0 Å². The first-order valence-electron chi connectivity index (χ1n) is 7.89. The van der Waals surface area contributed by atoms with Crippen molar-refractivity contribution in [3.8, 4) is 0 Å². The van der Waals surface area contributed by atoms with Crippen LogP contribution in [0.25, 0.3) is 0 Å². The molecule has 0 saturated heterocycles. The number of ether oxygens (including phenoxy) is 2. The van der Waals surface area contributed by atoms with Gasteiger partial charge in [0.15, 0.2) is 6.61 Å². The lowest BCUT2D eigenvalue weighted by Gasteiger charge is -2.07. The van der Waals surface area contributed by atoms with E-state index in [0.29, 0.717) is 6.54 Å². The number of carbonyl (C=O) groups excluding carboxylic acids is 2. The molecule has 1 aromatic carbocycles. The number of benzene rings is 1. The van der Waals surface area contributed by atoms with E-state index in [-0.39, 0.29) is 23.7 Å². The number of ketones is 1. The molecule has 0 fully saturated rings. The smallest absolute Gasteiger partial charge is 0.344 e. The van der Waals surface area contributed by atoms with E-state index in [1.165, 1.54) is 11.8 Å². The lowest BCUT2D eigenvalue weighted by Crippen LogP contribution is -2.18. The fourth-order valence-corrected chi connectivity index (χ4v) is 2.41. The Morgan fingerprint density at radius 1 is 1.23 bits per heavy atom. The van der Waals surface area contributed by atoms with Gasteiger partial charge in [0.05, 0.1) is 12.2 Å². The average Bonchev–Trinajstić information content (AvgIpc) is 2.89. The molecule has 140 valence electrons. The summed E-state index contributed by atoms with van der Waals surface area (Å²) in [7, 11) is 1.43. The van der Waals surface area contributed by atoms with Crippen LogP contribution in [0, 0.1) is 11.6 Å². The second-order valence-electron chi connectivity index (χ2n) is 5.46. The molecule has 2 N–H and O–H groups in total. The van der Waals surface area contributed by atoms with Crippen LogP contribution in [0.2, 0.25) is 0 Å². The van der Waals surface area contributed by atoms with Gasteiger partial charge in [0.2, 0.25) is 5.78 Å². The third kappa shape index (κ3) is 4.05. The lowest BCUT2D eigenvalue weighted by atomic mass is 10.1. The van der Waals surface area contributed by atoms with Crippen molar-refractivity contribution in [3.05, 3.63) is 46.7 Å². The number of carbonyl (C=O) groups is 2. The quantitative estimate of drug-likeness (QED) is 0.568. The summed E-state index contributed by atoms with van der Waals surface area (Å²) in [6, 6.07) is 3.02. The fraction of sp³-hybridized carbons (Fsp3) is 0.353. The topological polar surface area (TPSA) is 96.4 Å². The molecule has 0 amide bonds. The van der Waals surface area contributed by atoms with Gasteiger partial charge in [0, 0.05) is 13.7 Å². The van der Waals surface area contributed by atoms with Gasteiger partial charge in [0.25, 0.3) is 0 Å². The molecule has 1 heterocycles. The minimum atomic E-state index is -1.03. The van der Waals surface area contributed by atoms with Crippen LogP contribution in [0.1, 0.15) is 39.8 Å². The number of anilines is 1. The Morgan fingerprint density at radius 3 is 2.46 bits per heavy atom. The summed E-state index contributed by atoms with van der Waals surface area (Å²) in [6.45, 7) is 1.58. The van der Waals surface area contributed by atoms with Gasteiger partial charge >= 0.3 is 5.97 Å². The summed E-state index contributed by atoms with van der Waals surface area (Å²) in [5, 5.41) is 4.18. The van der Waals surface area contributed by atoms with E-state index in [4.69, 9.17) is 15.2 Å². The zero-order chi connectivity index (χ0) is 19.3. The molecule has 2 aromatic rings. The average molecular weight is 367 g/mol. The largest absolute Gasteiger partial charge is 0.454 e. The van der Waals surface area contributed by atoms with Gasteiger partial charge in [-0.25, -0.2) is 18.3 Å². The number of aromatic nitrogens is 2. The van der Waals surface area contributed by atoms with Crippen molar-refractivity contribution in [2.75, 3.05) is 19.5 Å². The number of hydrogen-bond donors (Lipinski definition) is 1. The van der Waals surface area contributed by atoms with E-state index in [0.717, 1.165) is 24.6 Å². The first-order valence-corrected chi connectivity index (χ1v) is 7.89. The molecule has 9 heteroatoms. The van der Waals surface area contributed by atoms with Crippen molar-refractivity contribution in [2.24, 2.45) is 0 Å². The van der Waals surface area contributed by atoms with Crippen LogP contribution in [0.5, 0.6) is 0 Å². The molecule has 0 unspecified atom stereocenters. The molecular formula is C17H19F2N3O4. The summed E-state index contributed by atoms with van der Waals surface area (Å²) < 4.78 is 38.6. The first kappa shape index (κ1) is 19.5. The Labute approximate surface area is 148 Å². The van der Waals surface area contributed by atoms with Crippen molar-refractivity contribution in [2.45, 2.75) is 26.5 Å². The molecule has 0 bridgehead atoms. The second-order valence-corrected chi connectivity index (χ2v) is 5.46. The predicted molar refractivity (Wildman–Crippen MR) is 88.6 cm³/mol. The van der Waals surface area contributed by atoms with Crippen LogP contribution >= 0.6 is 0 Å². The highest BCUT2D eigenvalue weighted by atomic mass is 19.1. The molecule has 0 aliphatic rings. The Hall–Kier alpha value is -2.81. The molecule has 1 aromatic heterocycles. The molecule has 0 atom stereocenters. The summed E-state index contributed by atoms with van der Waals surface area (Å²) in [5.41, 5.74) is 5.40. The number of nitrogens with two attached hydrogens (primary N) is 1. The van der Waals surface area contributed by atoms with Crippen LogP contribution < -0.4 is 5.73 Å². The number of rotatable bonds is 8. The van der Waals surface area contributed by atoms with E-state index in [1.54, 1.807) is 0 Å². The minimum absolute atomic E-state index is 0.0151. The van der Waals surface area contributed by atoms with Crippen molar-refractivity contribution in [1.29, 1.82) is 0 Å². The highest BCUT2D eigenvalue weighted by molar-refractivity contribution is 6.01. The minimum Gasteiger partial charge on any atom is -0.454 e. The van der Waals surface area contributed by atoms with Gasteiger partial charge in [-0.05, 0) is 18.6 Å². The maximum absolute atomic E-state index is 13.6. The molecule has 0 aliphatic heterocycles. The first-order chi connectivity index (χ1) is 12.4. The fourth-order valence-electron chi connectivity index (χ4n) is 2.41. The van der Waals surface area contributed by atoms with Gasteiger partial charge in [-0.15, -0.1) is 0 Å². The second kappa shape index (κ2) is 8.52. The number of nitrogen functional groups attached to an aromatic ring is 1. The summed E-state index contributed by atoms with van der Waals surface area (Å²) in [5.74, 6) is -3.89. The van der Waals surface area contributed by atoms with Crippen molar-refractivity contribution in [1.82, 2.24) is 9.78 Å². The van der Waals surface area contributed by atoms with Gasteiger partial charge in [-0.1, -0.05) is 13.0 Å². The van der Waals surface area contributed by atoms with Crippen molar-refractivity contribution in [3.63, 3.8) is 0 Å². The molecule has 26 heavy (non-hydrogen) atoms. The third-order valence-corrected chi connectivity index (χ3v) is 3.56. The van der Waals surface area contributed by atoms with Crippen LogP contribution in [-0.2, 0) is 22.6 Å². The van der Waals surface area contributed by atoms with E-state index in [9.17, 15) is 18.4 Å². The highest BCUT2D eigenvalue weighted by Crippen LogP contribution is 2.20. The molecule has 0 saturated carbocycles. The summed E-state index contributed by atoms with van der Waals surface area (Å²) >= 11 is 0. The van der Waals surface area contributed by atoms with Crippen LogP contribution in [0.15, 0.2) is 18.2 Å². The van der Waals surface area contributed by atoms with E-state index in [1.807, 2.05) is 6.92 Å².